The first-order valence-corrected chi connectivity index (χ1v) is 6.06. The van der Waals surface area contributed by atoms with Gasteiger partial charge in [-0.1, -0.05) is 18.2 Å². The summed E-state index contributed by atoms with van der Waals surface area (Å²) in [6.07, 6.45) is 1.48. The fourth-order valence-corrected chi connectivity index (χ4v) is 2.71. The van der Waals surface area contributed by atoms with Crippen LogP contribution in [-0.4, -0.2) is 18.1 Å². The number of fused-ring (bicyclic) bond motifs is 4. The number of phenols is 1. The van der Waals surface area contributed by atoms with Crippen molar-refractivity contribution in [2.45, 2.75) is 5.54 Å². The van der Waals surface area contributed by atoms with Gasteiger partial charge in [-0.3, -0.25) is 0 Å². The maximum atomic E-state index is 9.62. The number of benzene rings is 2. The van der Waals surface area contributed by atoms with Crippen LogP contribution in [0.1, 0.15) is 11.1 Å². The number of rotatable bonds is 0. The summed E-state index contributed by atoms with van der Waals surface area (Å²) in [6, 6.07) is 12.9. The Morgan fingerprint density at radius 2 is 1.89 bits per heavy atom. The van der Waals surface area contributed by atoms with Crippen molar-refractivity contribution in [3.63, 3.8) is 0 Å². The van der Waals surface area contributed by atoms with Gasteiger partial charge in [-0.2, -0.15) is 0 Å². The molecule has 2 aromatic rings. The van der Waals surface area contributed by atoms with E-state index in [0.717, 1.165) is 16.9 Å². The minimum absolute atomic E-state index is 0.177. The maximum absolute atomic E-state index is 9.62. The molecule has 0 bridgehead atoms. The van der Waals surface area contributed by atoms with Crippen molar-refractivity contribution in [2.75, 3.05) is 6.61 Å². The molecule has 2 heterocycles. The molecule has 0 aliphatic carbocycles. The quantitative estimate of drug-likeness (QED) is 0.785. The lowest BCUT2D eigenvalue weighted by molar-refractivity contribution is 0.273. The summed E-state index contributed by atoms with van der Waals surface area (Å²) < 4.78 is 11.2. The first-order chi connectivity index (χ1) is 9.29. The largest absolute Gasteiger partial charge is 0.508 e. The Kier molecular flexibility index (Phi) is 1.93. The van der Waals surface area contributed by atoms with Crippen LogP contribution in [0.3, 0.4) is 0 Å². The normalized spacial score (nSPS) is 22.5. The molecule has 2 aromatic carbocycles. The van der Waals surface area contributed by atoms with Crippen LogP contribution < -0.4 is 4.74 Å². The molecule has 2 aliphatic heterocycles. The van der Waals surface area contributed by atoms with Gasteiger partial charge in [0.05, 0.1) is 0 Å². The number of hydrogen-bond donors (Lipinski definition) is 1. The lowest BCUT2D eigenvalue weighted by Gasteiger charge is -2.33. The molecule has 1 spiro atoms. The fraction of sp³-hybridized carbons (Fsp3) is 0.133. The topological polar surface area (TPSA) is 51.0 Å². The summed E-state index contributed by atoms with van der Waals surface area (Å²) in [5.41, 5.74) is 1.34. The highest BCUT2D eigenvalue weighted by Crippen LogP contribution is 2.50. The molecule has 0 aromatic heterocycles. The zero-order chi connectivity index (χ0) is 12.9. The Bertz CT molecular complexity index is 696. The average Bonchev–Trinajstić information content (AvgIpc) is 2.89. The van der Waals surface area contributed by atoms with Crippen molar-refractivity contribution in [3.05, 3.63) is 53.6 Å². The highest BCUT2D eigenvalue weighted by Gasteiger charge is 2.44. The van der Waals surface area contributed by atoms with Crippen LogP contribution in [-0.2, 0) is 10.3 Å². The van der Waals surface area contributed by atoms with Gasteiger partial charge in [-0.05, 0) is 18.2 Å². The van der Waals surface area contributed by atoms with E-state index >= 15 is 0 Å². The minimum atomic E-state index is -0.558. The van der Waals surface area contributed by atoms with E-state index in [9.17, 15) is 5.11 Å². The Labute approximate surface area is 109 Å². The van der Waals surface area contributed by atoms with Gasteiger partial charge in [-0.15, -0.1) is 0 Å². The summed E-state index contributed by atoms with van der Waals surface area (Å²) in [5.74, 6) is 1.56. The van der Waals surface area contributed by atoms with Crippen LogP contribution in [0, 0.1) is 0 Å². The minimum Gasteiger partial charge on any atom is -0.508 e. The van der Waals surface area contributed by atoms with Gasteiger partial charge in [0, 0.05) is 17.2 Å². The molecule has 19 heavy (non-hydrogen) atoms. The van der Waals surface area contributed by atoms with Crippen LogP contribution in [0.4, 0.5) is 0 Å². The van der Waals surface area contributed by atoms with Crippen molar-refractivity contribution in [2.24, 2.45) is 4.99 Å². The predicted octanol–water partition coefficient (Wildman–Crippen LogP) is 2.80. The van der Waals surface area contributed by atoms with Crippen LogP contribution in [0.2, 0.25) is 0 Å². The molecule has 1 unspecified atom stereocenters. The number of ether oxygens (including phenoxy) is 2. The van der Waals surface area contributed by atoms with E-state index in [0.29, 0.717) is 12.4 Å². The molecule has 0 fully saturated rings. The summed E-state index contributed by atoms with van der Waals surface area (Å²) in [6.45, 7) is 0.450. The van der Waals surface area contributed by atoms with E-state index in [1.807, 2.05) is 30.3 Å². The number of para-hydroxylation sites is 1. The zero-order valence-corrected chi connectivity index (χ0v) is 10.0. The monoisotopic (exact) mass is 253 g/mol. The summed E-state index contributed by atoms with van der Waals surface area (Å²) >= 11 is 0. The summed E-state index contributed by atoms with van der Waals surface area (Å²) in [5, 5.41) is 9.62. The third kappa shape index (κ3) is 1.31. The van der Waals surface area contributed by atoms with Crippen molar-refractivity contribution < 1.29 is 14.6 Å². The van der Waals surface area contributed by atoms with Crippen LogP contribution in [0.25, 0.3) is 0 Å². The second-order valence-corrected chi connectivity index (χ2v) is 4.68. The fourth-order valence-electron chi connectivity index (χ4n) is 2.71. The summed E-state index contributed by atoms with van der Waals surface area (Å²) in [7, 11) is 0. The number of hydrogen-bond acceptors (Lipinski definition) is 4. The number of nitrogens with zero attached hydrogens (tertiary/aromatic N) is 1. The van der Waals surface area contributed by atoms with E-state index in [4.69, 9.17) is 9.47 Å². The molecule has 0 saturated heterocycles. The molecule has 1 N–H and O–H groups in total. The maximum Gasteiger partial charge on any atom is 0.170 e. The second kappa shape index (κ2) is 3.51. The van der Waals surface area contributed by atoms with E-state index < -0.39 is 5.54 Å². The molecule has 1 atom stereocenters. The summed E-state index contributed by atoms with van der Waals surface area (Å²) in [4.78, 5) is 4.53. The molecule has 0 radical (unpaired) electrons. The molecular weight excluding hydrogens is 242 g/mol. The Balaban J connectivity index is 2.03. The predicted molar refractivity (Wildman–Crippen MR) is 69.8 cm³/mol. The molecule has 4 heteroatoms. The van der Waals surface area contributed by atoms with Crippen molar-refractivity contribution in [1.82, 2.24) is 0 Å². The van der Waals surface area contributed by atoms with Gasteiger partial charge in [0.25, 0.3) is 0 Å². The van der Waals surface area contributed by atoms with Gasteiger partial charge in [0.2, 0.25) is 0 Å². The zero-order valence-electron chi connectivity index (χ0n) is 10.0. The number of aromatic hydroxyl groups is 1. The van der Waals surface area contributed by atoms with Crippen LogP contribution in [0.5, 0.6) is 17.2 Å². The number of phenolic OH excluding ortho intramolecular Hbond substituents is 1. The van der Waals surface area contributed by atoms with E-state index in [1.165, 1.54) is 6.40 Å². The van der Waals surface area contributed by atoms with Gasteiger partial charge in [0.15, 0.2) is 11.9 Å². The lowest BCUT2D eigenvalue weighted by Crippen LogP contribution is -2.30. The van der Waals surface area contributed by atoms with Gasteiger partial charge in [0.1, 0.15) is 23.9 Å². The number of aliphatic imine (C=N–C) groups is 1. The van der Waals surface area contributed by atoms with Crippen LogP contribution >= 0.6 is 0 Å². The second-order valence-electron chi connectivity index (χ2n) is 4.68. The molecule has 2 aliphatic rings. The SMILES string of the molecule is Oc1ccc2c(c1)Oc1ccccc1C21COC=N1. The Morgan fingerprint density at radius 1 is 1.05 bits per heavy atom. The van der Waals surface area contributed by atoms with Gasteiger partial charge >= 0.3 is 0 Å². The Morgan fingerprint density at radius 3 is 2.74 bits per heavy atom. The van der Waals surface area contributed by atoms with Gasteiger partial charge in [-0.25, -0.2) is 4.99 Å². The lowest BCUT2D eigenvalue weighted by atomic mass is 9.81. The average molecular weight is 253 g/mol. The third-order valence-electron chi connectivity index (χ3n) is 3.60. The molecule has 4 nitrogen and oxygen atoms in total. The van der Waals surface area contributed by atoms with Crippen molar-refractivity contribution in [1.29, 1.82) is 0 Å². The molecule has 4 rings (SSSR count). The van der Waals surface area contributed by atoms with E-state index in [2.05, 4.69) is 4.99 Å². The van der Waals surface area contributed by atoms with Crippen LogP contribution in [0.15, 0.2) is 47.5 Å². The first kappa shape index (κ1) is 10.4. The Hall–Kier alpha value is -2.49. The third-order valence-corrected chi connectivity index (χ3v) is 3.60. The molecule has 0 amide bonds. The highest BCUT2D eigenvalue weighted by atomic mass is 16.5. The standard InChI is InChI=1S/C15H11NO3/c17-10-5-6-12-14(7-10)19-13-4-2-1-3-11(13)15(12)8-18-9-16-15/h1-7,9,17H,8H2. The first-order valence-electron chi connectivity index (χ1n) is 6.06. The van der Waals surface area contributed by atoms with Gasteiger partial charge < -0.3 is 14.6 Å². The highest BCUT2D eigenvalue weighted by molar-refractivity contribution is 5.64. The van der Waals surface area contributed by atoms with E-state index in [1.54, 1.807) is 12.1 Å². The molecular formula is C15H11NO3. The van der Waals surface area contributed by atoms with Crippen molar-refractivity contribution >= 4 is 6.40 Å². The van der Waals surface area contributed by atoms with Crippen molar-refractivity contribution in [3.8, 4) is 17.2 Å². The molecule has 0 saturated carbocycles. The van der Waals surface area contributed by atoms with E-state index in [-0.39, 0.29) is 5.75 Å². The molecule has 94 valence electrons. The smallest absolute Gasteiger partial charge is 0.170 e.